The highest BCUT2D eigenvalue weighted by molar-refractivity contribution is 6.11. The molecule has 1 N–H and O–H groups in total. The molecule has 5 nitrogen and oxygen atoms in total. The van der Waals surface area contributed by atoms with Crippen molar-refractivity contribution in [1.29, 1.82) is 0 Å². The number of hydrogen-bond acceptors (Lipinski definition) is 5. The van der Waals surface area contributed by atoms with Crippen LogP contribution in [0.3, 0.4) is 0 Å². The summed E-state index contributed by atoms with van der Waals surface area (Å²) < 4.78 is 4.80. The second kappa shape index (κ2) is 6.83. The number of ketones is 1. The molecule has 1 atom stereocenters. The van der Waals surface area contributed by atoms with Gasteiger partial charge in [-0.15, -0.1) is 0 Å². The van der Waals surface area contributed by atoms with E-state index in [0.717, 1.165) is 24.8 Å². The van der Waals surface area contributed by atoms with Gasteiger partial charge in [0.1, 0.15) is 0 Å². The van der Waals surface area contributed by atoms with Gasteiger partial charge in [-0.1, -0.05) is 13.3 Å². The van der Waals surface area contributed by atoms with Gasteiger partial charge in [0.15, 0.2) is 5.78 Å². The van der Waals surface area contributed by atoms with E-state index in [1.807, 2.05) is 0 Å². The Kier molecular flexibility index (Phi) is 5.39. The van der Waals surface area contributed by atoms with E-state index in [4.69, 9.17) is 4.74 Å². The van der Waals surface area contributed by atoms with Crippen LogP contribution in [-0.2, 0) is 14.3 Å². The van der Waals surface area contributed by atoms with Crippen molar-refractivity contribution in [3.8, 4) is 0 Å². The zero-order valence-corrected chi connectivity index (χ0v) is 10.2. The van der Waals surface area contributed by atoms with Crippen molar-refractivity contribution in [2.24, 2.45) is 5.10 Å². The fourth-order valence-corrected chi connectivity index (χ4v) is 1.47. The van der Waals surface area contributed by atoms with Crippen molar-refractivity contribution >= 4 is 18.0 Å². The van der Waals surface area contributed by atoms with E-state index in [0.29, 0.717) is 0 Å². The normalized spacial score (nSPS) is 19.3. The molecule has 0 bridgehead atoms. The van der Waals surface area contributed by atoms with E-state index in [1.165, 1.54) is 6.08 Å². The SMILES string of the molecule is CCCCC1=CC(=O)C(C(=O)OCC)NN=C1. The Morgan fingerprint density at radius 1 is 1.53 bits per heavy atom. The predicted octanol–water partition coefficient (Wildman–Crippen LogP) is 1.19. The van der Waals surface area contributed by atoms with Crippen molar-refractivity contribution in [3.05, 3.63) is 11.6 Å². The van der Waals surface area contributed by atoms with Crippen LogP contribution >= 0.6 is 0 Å². The van der Waals surface area contributed by atoms with Crippen LogP contribution < -0.4 is 5.43 Å². The van der Waals surface area contributed by atoms with Gasteiger partial charge in [-0.2, -0.15) is 5.10 Å². The van der Waals surface area contributed by atoms with E-state index in [-0.39, 0.29) is 12.4 Å². The summed E-state index contributed by atoms with van der Waals surface area (Å²) >= 11 is 0. The number of rotatable bonds is 5. The van der Waals surface area contributed by atoms with Crippen molar-refractivity contribution in [3.63, 3.8) is 0 Å². The third kappa shape index (κ3) is 4.01. The minimum absolute atomic E-state index is 0.250. The number of esters is 1. The Labute approximate surface area is 101 Å². The zero-order valence-electron chi connectivity index (χ0n) is 10.2. The monoisotopic (exact) mass is 238 g/mol. The summed E-state index contributed by atoms with van der Waals surface area (Å²) in [7, 11) is 0. The van der Waals surface area contributed by atoms with Crippen LogP contribution in [0.4, 0.5) is 0 Å². The number of ether oxygens (including phenoxy) is 1. The van der Waals surface area contributed by atoms with Crippen LogP contribution in [0.25, 0.3) is 0 Å². The molecule has 0 amide bonds. The Morgan fingerprint density at radius 2 is 2.29 bits per heavy atom. The fraction of sp³-hybridized carbons (Fsp3) is 0.583. The molecule has 0 saturated heterocycles. The molecular formula is C12H18N2O3. The van der Waals surface area contributed by atoms with Crippen molar-refractivity contribution in [1.82, 2.24) is 5.43 Å². The first-order valence-corrected chi connectivity index (χ1v) is 5.88. The number of hydrazone groups is 1. The Bertz CT molecular complexity index is 348. The minimum atomic E-state index is -1.01. The van der Waals surface area contributed by atoms with Gasteiger partial charge in [0.25, 0.3) is 0 Å². The lowest BCUT2D eigenvalue weighted by atomic mass is 10.1. The Balaban J connectivity index is 2.69. The molecule has 94 valence electrons. The number of nitrogens with one attached hydrogen (secondary N) is 1. The van der Waals surface area contributed by atoms with Gasteiger partial charge in [0.05, 0.1) is 12.8 Å². The molecule has 1 aliphatic rings. The van der Waals surface area contributed by atoms with Crippen LogP contribution in [0.2, 0.25) is 0 Å². The van der Waals surface area contributed by atoms with Crippen molar-refractivity contribution in [2.75, 3.05) is 6.61 Å². The first-order valence-electron chi connectivity index (χ1n) is 5.88. The van der Waals surface area contributed by atoms with E-state index >= 15 is 0 Å². The molecule has 0 aromatic carbocycles. The molecule has 1 aliphatic heterocycles. The number of allylic oxidation sites excluding steroid dienone is 1. The molecular weight excluding hydrogens is 220 g/mol. The lowest BCUT2D eigenvalue weighted by molar-refractivity contribution is -0.147. The first-order chi connectivity index (χ1) is 8.19. The number of hydrogen-bond donors (Lipinski definition) is 1. The number of nitrogens with zero attached hydrogens (tertiary/aromatic N) is 1. The lowest BCUT2D eigenvalue weighted by Gasteiger charge is -2.10. The molecule has 0 saturated carbocycles. The van der Waals surface area contributed by atoms with Gasteiger partial charge >= 0.3 is 5.97 Å². The summed E-state index contributed by atoms with van der Waals surface area (Å²) in [6.45, 7) is 4.03. The van der Waals surface area contributed by atoms with E-state index < -0.39 is 12.0 Å². The van der Waals surface area contributed by atoms with Gasteiger partial charge in [-0.3, -0.25) is 10.2 Å². The maximum atomic E-state index is 11.8. The zero-order chi connectivity index (χ0) is 12.7. The van der Waals surface area contributed by atoms with Crippen LogP contribution in [-0.4, -0.2) is 30.6 Å². The molecule has 5 heteroatoms. The summed E-state index contributed by atoms with van der Waals surface area (Å²) in [5, 5.41) is 3.88. The summed E-state index contributed by atoms with van der Waals surface area (Å²) in [5.41, 5.74) is 3.36. The topological polar surface area (TPSA) is 67.8 Å². The maximum absolute atomic E-state index is 11.8. The quantitative estimate of drug-likeness (QED) is 0.577. The molecule has 1 rings (SSSR count). The van der Waals surface area contributed by atoms with E-state index in [9.17, 15) is 9.59 Å². The third-order valence-electron chi connectivity index (χ3n) is 2.39. The smallest absolute Gasteiger partial charge is 0.338 e. The largest absolute Gasteiger partial charge is 0.464 e. The van der Waals surface area contributed by atoms with Gasteiger partial charge in [0, 0.05) is 0 Å². The molecule has 1 heterocycles. The maximum Gasteiger partial charge on any atom is 0.338 e. The Hall–Kier alpha value is -1.65. The van der Waals surface area contributed by atoms with Gasteiger partial charge in [0.2, 0.25) is 6.04 Å². The predicted molar refractivity (Wildman–Crippen MR) is 64.7 cm³/mol. The van der Waals surface area contributed by atoms with Crippen LogP contribution in [0, 0.1) is 0 Å². The highest BCUT2D eigenvalue weighted by atomic mass is 16.5. The number of carbonyl (C=O) groups excluding carboxylic acids is 2. The summed E-state index contributed by atoms with van der Waals surface area (Å²) in [6, 6.07) is -1.01. The van der Waals surface area contributed by atoms with Gasteiger partial charge < -0.3 is 4.74 Å². The lowest BCUT2D eigenvalue weighted by Crippen LogP contribution is -2.40. The summed E-state index contributed by atoms with van der Waals surface area (Å²) in [6.07, 6.45) is 5.90. The van der Waals surface area contributed by atoms with E-state index in [1.54, 1.807) is 13.1 Å². The minimum Gasteiger partial charge on any atom is -0.464 e. The van der Waals surface area contributed by atoms with Gasteiger partial charge in [-0.25, -0.2) is 4.79 Å². The first kappa shape index (κ1) is 13.4. The van der Waals surface area contributed by atoms with Crippen LogP contribution in [0.1, 0.15) is 33.1 Å². The van der Waals surface area contributed by atoms with Crippen LogP contribution in [0.5, 0.6) is 0 Å². The average Bonchev–Trinajstić information content (AvgIpc) is 2.48. The summed E-state index contributed by atoms with van der Waals surface area (Å²) in [5.74, 6) is -0.880. The number of unbranched alkanes of at least 4 members (excludes halogenated alkanes) is 1. The van der Waals surface area contributed by atoms with E-state index in [2.05, 4.69) is 17.5 Å². The van der Waals surface area contributed by atoms with Crippen LogP contribution in [0.15, 0.2) is 16.8 Å². The molecule has 0 radical (unpaired) electrons. The average molecular weight is 238 g/mol. The second-order valence-electron chi connectivity index (χ2n) is 3.80. The molecule has 0 aromatic rings. The molecule has 0 aromatic heterocycles. The molecule has 0 aliphatic carbocycles. The second-order valence-corrected chi connectivity index (χ2v) is 3.80. The molecule has 1 unspecified atom stereocenters. The fourth-order valence-electron chi connectivity index (χ4n) is 1.47. The third-order valence-corrected chi connectivity index (χ3v) is 2.39. The molecule has 0 fully saturated rings. The highest BCUT2D eigenvalue weighted by Gasteiger charge is 2.27. The van der Waals surface area contributed by atoms with Crippen molar-refractivity contribution < 1.29 is 14.3 Å². The molecule has 0 spiro atoms. The summed E-state index contributed by atoms with van der Waals surface area (Å²) in [4.78, 5) is 23.3. The highest BCUT2D eigenvalue weighted by Crippen LogP contribution is 2.08. The number of carbonyl (C=O) groups is 2. The molecule has 17 heavy (non-hydrogen) atoms. The Morgan fingerprint density at radius 3 is 2.94 bits per heavy atom. The van der Waals surface area contributed by atoms with Crippen molar-refractivity contribution in [2.45, 2.75) is 39.2 Å². The van der Waals surface area contributed by atoms with Gasteiger partial charge in [-0.05, 0) is 31.4 Å². The standard InChI is InChI=1S/C12H18N2O3/c1-3-5-6-9-7-10(15)11(14-13-8-9)12(16)17-4-2/h7-8,11,14H,3-6H2,1-2H3.